The largest absolute Gasteiger partial charge is 0.341 e. The molecular formula is C14H15F2N3. The Morgan fingerprint density at radius 3 is 2.89 bits per heavy atom. The first-order valence-electron chi connectivity index (χ1n) is 6.48. The Hall–Kier alpha value is -1.75. The summed E-state index contributed by atoms with van der Waals surface area (Å²) in [6.45, 7) is 0.967. The van der Waals surface area contributed by atoms with E-state index in [2.05, 4.69) is 15.3 Å². The van der Waals surface area contributed by atoms with Gasteiger partial charge in [-0.3, -0.25) is 0 Å². The van der Waals surface area contributed by atoms with Crippen LogP contribution in [0.3, 0.4) is 0 Å². The zero-order valence-electron chi connectivity index (χ0n) is 10.4. The van der Waals surface area contributed by atoms with Crippen LogP contribution in [0.1, 0.15) is 31.1 Å². The minimum absolute atomic E-state index is 0.180. The highest BCUT2D eigenvalue weighted by Gasteiger charge is 2.18. The lowest BCUT2D eigenvalue weighted by atomic mass is 10.0. The first-order valence-corrected chi connectivity index (χ1v) is 6.48. The van der Waals surface area contributed by atoms with Gasteiger partial charge in [-0.15, -0.1) is 0 Å². The van der Waals surface area contributed by atoms with Crippen molar-refractivity contribution in [2.75, 3.05) is 6.54 Å². The second-order valence-corrected chi connectivity index (χ2v) is 4.81. The first kappa shape index (κ1) is 12.3. The number of rotatable bonds is 2. The number of halogens is 2. The van der Waals surface area contributed by atoms with Crippen LogP contribution in [-0.4, -0.2) is 16.5 Å². The maximum Gasteiger partial charge on any atom is 0.132 e. The summed E-state index contributed by atoms with van der Waals surface area (Å²) in [5.41, 5.74) is 0.730. The average Bonchev–Trinajstić information content (AvgIpc) is 2.92. The maximum absolute atomic E-state index is 13.7. The molecule has 0 spiro atoms. The minimum Gasteiger partial charge on any atom is -0.341 e. The van der Waals surface area contributed by atoms with Crippen molar-refractivity contribution in [2.24, 2.45) is 0 Å². The smallest absolute Gasteiger partial charge is 0.132 e. The summed E-state index contributed by atoms with van der Waals surface area (Å²) in [6.07, 6.45) is 4.90. The van der Waals surface area contributed by atoms with Crippen molar-refractivity contribution in [3.05, 3.63) is 41.9 Å². The number of H-pyrrole nitrogens is 1. The highest BCUT2D eigenvalue weighted by molar-refractivity contribution is 5.59. The van der Waals surface area contributed by atoms with Gasteiger partial charge in [-0.2, -0.15) is 0 Å². The fraction of sp³-hybridized carbons (Fsp3) is 0.357. The van der Waals surface area contributed by atoms with E-state index in [1.54, 1.807) is 6.20 Å². The van der Waals surface area contributed by atoms with Gasteiger partial charge in [-0.1, -0.05) is 6.42 Å². The molecule has 100 valence electrons. The Kier molecular flexibility index (Phi) is 3.29. The molecule has 0 amide bonds. The van der Waals surface area contributed by atoms with Crippen LogP contribution >= 0.6 is 0 Å². The quantitative estimate of drug-likeness (QED) is 0.873. The van der Waals surface area contributed by atoms with E-state index in [1.807, 2.05) is 0 Å². The molecule has 1 unspecified atom stereocenters. The molecule has 0 bridgehead atoms. The molecule has 1 saturated heterocycles. The van der Waals surface area contributed by atoms with Crippen LogP contribution in [0.2, 0.25) is 0 Å². The van der Waals surface area contributed by atoms with Crippen LogP contribution in [0.25, 0.3) is 11.3 Å². The van der Waals surface area contributed by atoms with Crippen molar-refractivity contribution in [3.8, 4) is 11.3 Å². The third kappa shape index (κ3) is 2.51. The lowest BCUT2D eigenvalue weighted by Gasteiger charge is -2.21. The molecule has 2 aromatic rings. The number of hydrogen-bond donors (Lipinski definition) is 2. The summed E-state index contributed by atoms with van der Waals surface area (Å²) in [7, 11) is 0. The van der Waals surface area contributed by atoms with E-state index in [0.29, 0.717) is 5.69 Å². The summed E-state index contributed by atoms with van der Waals surface area (Å²) < 4.78 is 26.9. The maximum atomic E-state index is 13.7. The highest BCUT2D eigenvalue weighted by Crippen LogP contribution is 2.26. The van der Waals surface area contributed by atoms with Crippen molar-refractivity contribution < 1.29 is 8.78 Å². The third-order valence-corrected chi connectivity index (χ3v) is 3.45. The standard InChI is InChI=1S/C14H15F2N3/c15-9-4-5-11(16)10(7-9)13-8-18-14(19-13)12-3-1-2-6-17-12/h4-5,7-8,12,17H,1-3,6H2,(H,18,19). The molecule has 2 N–H and O–H groups in total. The van der Waals surface area contributed by atoms with Crippen LogP contribution in [0.5, 0.6) is 0 Å². The van der Waals surface area contributed by atoms with Gasteiger partial charge in [-0.25, -0.2) is 13.8 Å². The van der Waals surface area contributed by atoms with Crippen LogP contribution in [-0.2, 0) is 0 Å². The topological polar surface area (TPSA) is 40.7 Å². The summed E-state index contributed by atoms with van der Waals surface area (Å²) in [6, 6.07) is 3.60. The Balaban J connectivity index is 1.89. The predicted octanol–water partition coefficient (Wildman–Crippen LogP) is 3.17. The molecule has 1 atom stereocenters. The van der Waals surface area contributed by atoms with Crippen molar-refractivity contribution in [2.45, 2.75) is 25.3 Å². The van der Waals surface area contributed by atoms with Crippen molar-refractivity contribution in [3.63, 3.8) is 0 Å². The van der Waals surface area contributed by atoms with E-state index in [-0.39, 0.29) is 11.6 Å². The van der Waals surface area contributed by atoms with Gasteiger partial charge in [0.25, 0.3) is 0 Å². The van der Waals surface area contributed by atoms with Crippen molar-refractivity contribution in [1.82, 2.24) is 15.3 Å². The number of aromatic nitrogens is 2. The molecule has 0 saturated carbocycles. The number of benzene rings is 1. The Morgan fingerprint density at radius 1 is 1.21 bits per heavy atom. The number of piperidine rings is 1. The van der Waals surface area contributed by atoms with Gasteiger partial charge in [0, 0.05) is 5.56 Å². The Labute approximate surface area is 110 Å². The van der Waals surface area contributed by atoms with Gasteiger partial charge in [0.2, 0.25) is 0 Å². The number of hydrogen-bond acceptors (Lipinski definition) is 2. The lowest BCUT2D eigenvalue weighted by Crippen LogP contribution is -2.27. The van der Waals surface area contributed by atoms with Gasteiger partial charge < -0.3 is 10.3 Å². The second-order valence-electron chi connectivity index (χ2n) is 4.81. The zero-order valence-corrected chi connectivity index (χ0v) is 10.4. The van der Waals surface area contributed by atoms with E-state index in [4.69, 9.17) is 0 Å². The van der Waals surface area contributed by atoms with Gasteiger partial charge >= 0.3 is 0 Å². The van der Waals surface area contributed by atoms with Crippen LogP contribution in [0.15, 0.2) is 24.4 Å². The molecule has 0 aliphatic carbocycles. The second kappa shape index (κ2) is 5.09. The van der Waals surface area contributed by atoms with Gasteiger partial charge in [0.1, 0.15) is 17.5 Å². The molecule has 0 radical (unpaired) electrons. The van der Waals surface area contributed by atoms with Gasteiger partial charge in [-0.05, 0) is 37.6 Å². The average molecular weight is 263 g/mol. The molecule has 3 nitrogen and oxygen atoms in total. The SMILES string of the molecule is Fc1ccc(F)c(-c2cnc(C3CCCCN3)[nH]2)c1. The molecular weight excluding hydrogens is 248 g/mol. The van der Waals surface area contributed by atoms with Crippen LogP contribution < -0.4 is 5.32 Å². The van der Waals surface area contributed by atoms with Crippen LogP contribution in [0.4, 0.5) is 8.78 Å². The minimum atomic E-state index is -0.455. The predicted molar refractivity (Wildman–Crippen MR) is 68.5 cm³/mol. The molecule has 5 heteroatoms. The summed E-state index contributed by atoms with van der Waals surface area (Å²) in [5.74, 6) is -0.116. The molecule has 1 aromatic carbocycles. The Bertz CT molecular complexity index is 574. The third-order valence-electron chi connectivity index (χ3n) is 3.45. The van der Waals surface area contributed by atoms with Gasteiger partial charge in [0.05, 0.1) is 17.9 Å². The van der Waals surface area contributed by atoms with E-state index < -0.39 is 11.6 Å². The van der Waals surface area contributed by atoms with E-state index >= 15 is 0 Å². The zero-order chi connectivity index (χ0) is 13.2. The molecule has 1 fully saturated rings. The first-order chi connectivity index (χ1) is 9.24. The number of nitrogens with zero attached hydrogens (tertiary/aromatic N) is 1. The molecule has 19 heavy (non-hydrogen) atoms. The van der Waals surface area contributed by atoms with E-state index in [9.17, 15) is 8.78 Å². The van der Waals surface area contributed by atoms with Gasteiger partial charge in [0.15, 0.2) is 0 Å². The fourth-order valence-corrected chi connectivity index (χ4v) is 2.44. The van der Waals surface area contributed by atoms with Crippen molar-refractivity contribution in [1.29, 1.82) is 0 Å². The number of nitrogens with one attached hydrogen (secondary N) is 2. The molecule has 1 aliphatic rings. The molecule has 3 rings (SSSR count). The summed E-state index contributed by atoms with van der Waals surface area (Å²) >= 11 is 0. The molecule has 1 aromatic heterocycles. The molecule has 1 aliphatic heterocycles. The highest BCUT2D eigenvalue weighted by atomic mass is 19.1. The van der Waals surface area contributed by atoms with E-state index in [1.165, 1.54) is 12.5 Å². The van der Waals surface area contributed by atoms with Crippen molar-refractivity contribution >= 4 is 0 Å². The van der Waals surface area contributed by atoms with Crippen LogP contribution in [0, 0.1) is 11.6 Å². The number of aromatic amines is 1. The molecule has 2 heterocycles. The Morgan fingerprint density at radius 2 is 2.11 bits per heavy atom. The fourth-order valence-electron chi connectivity index (χ4n) is 2.44. The lowest BCUT2D eigenvalue weighted by molar-refractivity contribution is 0.399. The monoisotopic (exact) mass is 263 g/mol. The summed E-state index contributed by atoms with van der Waals surface area (Å²) in [5, 5.41) is 3.36. The number of imidazole rings is 1. The normalized spacial score (nSPS) is 19.6. The van der Waals surface area contributed by atoms with E-state index in [0.717, 1.165) is 37.3 Å². The summed E-state index contributed by atoms with van der Waals surface area (Å²) in [4.78, 5) is 7.37.